The number of aliphatic imine (C=N–C) groups is 1. The summed E-state index contributed by atoms with van der Waals surface area (Å²) in [5.74, 6) is 1.09. The number of rotatable bonds is 4. The molecule has 0 saturated heterocycles. The second-order valence-electron chi connectivity index (χ2n) is 6.62. The summed E-state index contributed by atoms with van der Waals surface area (Å²) in [6.45, 7) is 5.28. The van der Waals surface area contributed by atoms with Crippen molar-refractivity contribution in [3.05, 3.63) is 70.1 Å². The molecule has 0 fully saturated rings. The van der Waals surface area contributed by atoms with Crippen molar-refractivity contribution in [2.24, 2.45) is 4.99 Å². The van der Waals surface area contributed by atoms with Gasteiger partial charge in [0.2, 0.25) is 0 Å². The summed E-state index contributed by atoms with van der Waals surface area (Å²) in [4.78, 5) is 4.62. The Kier molecular flexibility index (Phi) is 4.82. The molecule has 4 heteroatoms. The Morgan fingerprint density at radius 1 is 1.12 bits per heavy atom. The second kappa shape index (κ2) is 7.22. The fourth-order valence-electron chi connectivity index (χ4n) is 3.52. The summed E-state index contributed by atoms with van der Waals surface area (Å²) < 4.78 is 1.38. The first-order valence-electron chi connectivity index (χ1n) is 8.66. The van der Waals surface area contributed by atoms with E-state index in [2.05, 4.69) is 72.0 Å². The van der Waals surface area contributed by atoms with Gasteiger partial charge in [0.15, 0.2) is 5.17 Å². The van der Waals surface area contributed by atoms with E-state index >= 15 is 0 Å². The molecule has 2 aromatic carbocycles. The normalized spacial score (nSPS) is 15.4. The van der Waals surface area contributed by atoms with Crippen LogP contribution in [0.3, 0.4) is 0 Å². The second-order valence-corrected chi connectivity index (χ2v) is 8.62. The van der Waals surface area contributed by atoms with Crippen molar-refractivity contribution >= 4 is 38.4 Å². The van der Waals surface area contributed by atoms with E-state index in [-0.39, 0.29) is 6.04 Å². The Hall–Kier alpha value is -1.78. The van der Waals surface area contributed by atoms with Gasteiger partial charge in [-0.15, -0.1) is 11.3 Å². The first-order chi connectivity index (χ1) is 12.2. The summed E-state index contributed by atoms with van der Waals surface area (Å²) in [7, 11) is 0. The average Bonchev–Trinajstić information content (AvgIpc) is 3.24. The van der Waals surface area contributed by atoms with E-state index in [9.17, 15) is 0 Å². The van der Waals surface area contributed by atoms with Crippen molar-refractivity contribution in [3.8, 4) is 0 Å². The van der Waals surface area contributed by atoms with Gasteiger partial charge in [-0.3, -0.25) is 4.99 Å². The molecule has 25 heavy (non-hydrogen) atoms. The largest absolute Gasteiger partial charge is 0.358 e. The highest BCUT2D eigenvalue weighted by Gasteiger charge is 2.19. The van der Waals surface area contributed by atoms with Crippen LogP contribution in [0.1, 0.15) is 28.3 Å². The molecule has 1 aliphatic heterocycles. The van der Waals surface area contributed by atoms with Gasteiger partial charge < -0.3 is 5.32 Å². The summed E-state index contributed by atoms with van der Waals surface area (Å²) >= 11 is 3.66. The zero-order valence-electron chi connectivity index (χ0n) is 14.6. The first-order valence-corrected chi connectivity index (χ1v) is 10.5. The number of hydrogen-bond acceptors (Lipinski definition) is 4. The molecular formula is C21H22N2S2. The Balaban J connectivity index is 1.72. The zero-order chi connectivity index (χ0) is 17.2. The third-order valence-electron chi connectivity index (χ3n) is 4.49. The Bertz CT molecular complexity index is 906. The van der Waals surface area contributed by atoms with Crippen LogP contribution < -0.4 is 5.32 Å². The van der Waals surface area contributed by atoms with Crippen molar-refractivity contribution in [2.45, 2.75) is 26.3 Å². The van der Waals surface area contributed by atoms with Crippen LogP contribution >= 0.6 is 23.1 Å². The van der Waals surface area contributed by atoms with Gasteiger partial charge in [-0.05, 0) is 48.2 Å². The van der Waals surface area contributed by atoms with Gasteiger partial charge >= 0.3 is 0 Å². The summed E-state index contributed by atoms with van der Waals surface area (Å²) in [6.07, 6.45) is 0.971. The van der Waals surface area contributed by atoms with Crippen LogP contribution in [0.2, 0.25) is 0 Å². The molecule has 0 saturated carbocycles. The van der Waals surface area contributed by atoms with Gasteiger partial charge in [-0.2, -0.15) is 0 Å². The molecule has 2 nitrogen and oxygen atoms in total. The highest BCUT2D eigenvalue weighted by atomic mass is 32.2. The van der Waals surface area contributed by atoms with Crippen LogP contribution in [0.4, 0.5) is 0 Å². The predicted molar refractivity (Wildman–Crippen MR) is 112 cm³/mol. The topological polar surface area (TPSA) is 24.4 Å². The smallest absolute Gasteiger partial charge is 0.157 e. The molecule has 3 aromatic rings. The third-order valence-corrected chi connectivity index (χ3v) is 6.38. The number of benzene rings is 2. The van der Waals surface area contributed by atoms with Gasteiger partial charge in [0.1, 0.15) is 0 Å². The van der Waals surface area contributed by atoms with Crippen molar-refractivity contribution in [1.29, 1.82) is 0 Å². The maximum Gasteiger partial charge on any atom is 0.157 e. The molecule has 0 bridgehead atoms. The molecule has 1 aliphatic rings. The van der Waals surface area contributed by atoms with Crippen LogP contribution in [0.15, 0.2) is 52.8 Å². The standard InChI is InChI=1S/C21H22N2S2/c1-14-10-15(2)12-16(11-14)13-19(23-21-22-7-9-25-21)18-5-3-4-17-6-8-24-20(17)18/h3-6,8,10-12,19H,7,9,13H2,1-2H3,(H,22,23). The van der Waals surface area contributed by atoms with Gasteiger partial charge in [0.05, 0.1) is 12.6 Å². The van der Waals surface area contributed by atoms with E-state index in [1.165, 1.54) is 32.3 Å². The number of nitrogens with one attached hydrogen (secondary N) is 1. The van der Waals surface area contributed by atoms with Gasteiger partial charge in [-0.25, -0.2) is 0 Å². The quantitative estimate of drug-likeness (QED) is 0.660. The number of nitrogens with zero attached hydrogens (tertiary/aromatic N) is 1. The van der Waals surface area contributed by atoms with Crippen LogP contribution in [0, 0.1) is 13.8 Å². The molecule has 0 radical (unpaired) electrons. The van der Waals surface area contributed by atoms with Crippen LogP contribution in [0.5, 0.6) is 0 Å². The predicted octanol–water partition coefficient (Wildman–Crippen LogP) is 5.49. The van der Waals surface area contributed by atoms with Crippen molar-refractivity contribution < 1.29 is 0 Å². The van der Waals surface area contributed by atoms with Gasteiger partial charge in [0, 0.05) is 10.5 Å². The lowest BCUT2D eigenvalue weighted by Crippen LogP contribution is -2.27. The Morgan fingerprint density at radius 3 is 2.72 bits per heavy atom. The first kappa shape index (κ1) is 16.7. The van der Waals surface area contributed by atoms with Crippen LogP contribution in [-0.2, 0) is 6.42 Å². The monoisotopic (exact) mass is 366 g/mol. The van der Waals surface area contributed by atoms with Crippen LogP contribution in [-0.4, -0.2) is 17.5 Å². The van der Waals surface area contributed by atoms with Gasteiger partial charge in [-0.1, -0.05) is 59.3 Å². The molecule has 0 amide bonds. The minimum absolute atomic E-state index is 0.243. The highest BCUT2D eigenvalue weighted by Crippen LogP contribution is 2.32. The molecule has 0 spiro atoms. The molecule has 4 rings (SSSR count). The number of hydrogen-bond donors (Lipinski definition) is 1. The maximum atomic E-state index is 4.62. The summed E-state index contributed by atoms with van der Waals surface area (Å²) in [6, 6.07) is 15.9. The van der Waals surface area contributed by atoms with Crippen molar-refractivity contribution in [3.63, 3.8) is 0 Å². The lowest BCUT2D eigenvalue weighted by Gasteiger charge is -2.21. The van der Waals surface area contributed by atoms with Crippen molar-refractivity contribution in [1.82, 2.24) is 5.32 Å². The van der Waals surface area contributed by atoms with Gasteiger partial charge in [0.25, 0.3) is 0 Å². The number of amidine groups is 1. The van der Waals surface area contributed by atoms with E-state index in [0.717, 1.165) is 23.9 Å². The Labute approximate surface area is 157 Å². The Morgan fingerprint density at radius 2 is 1.96 bits per heavy atom. The molecular weight excluding hydrogens is 344 g/mol. The molecule has 1 aromatic heterocycles. The molecule has 2 heterocycles. The van der Waals surface area contributed by atoms with Crippen molar-refractivity contribution in [2.75, 3.05) is 12.3 Å². The number of aryl methyl sites for hydroxylation is 2. The summed E-state index contributed by atoms with van der Waals surface area (Å²) in [5.41, 5.74) is 5.42. The lowest BCUT2D eigenvalue weighted by molar-refractivity contribution is 0.653. The van der Waals surface area contributed by atoms with E-state index in [4.69, 9.17) is 0 Å². The molecule has 1 atom stereocenters. The summed E-state index contributed by atoms with van der Waals surface area (Å²) in [5, 5.41) is 8.32. The molecule has 0 aliphatic carbocycles. The number of fused-ring (bicyclic) bond motifs is 1. The highest BCUT2D eigenvalue weighted by molar-refractivity contribution is 8.14. The number of thioether (sulfide) groups is 1. The number of thiophene rings is 1. The fraction of sp³-hybridized carbons (Fsp3) is 0.286. The van der Waals surface area contributed by atoms with E-state index in [1.54, 1.807) is 0 Å². The average molecular weight is 367 g/mol. The maximum absolute atomic E-state index is 4.62. The van der Waals surface area contributed by atoms with E-state index in [1.807, 2.05) is 23.1 Å². The fourth-order valence-corrected chi connectivity index (χ4v) is 5.28. The molecule has 1 unspecified atom stereocenters. The SMILES string of the molecule is Cc1cc(C)cc(CC(NC2=NCCS2)c2cccc3ccsc23)c1. The van der Waals surface area contributed by atoms with E-state index < -0.39 is 0 Å². The van der Waals surface area contributed by atoms with Crippen LogP contribution in [0.25, 0.3) is 10.1 Å². The zero-order valence-corrected chi connectivity index (χ0v) is 16.2. The van der Waals surface area contributed by atoms with E-state index in [0.29, 0.717) is 0 Å². The molecule has 128 valence electrons. The molecule has 1 N–H and O–H groups in total. The minimum atomic E-state index is 0.243. The minimum Gasteiger partial charge on any atom is -0.358 e. The lowest BCUT2D eigenvalue weighted by atomic mass is 9.96. The third kappa shape index (κ3) is 3.75.